The van der Waals surface area contributed by atoms with Crippen molar-refractivity contribution in [2.24, 2.45) is 5.73 Å². The number of carboxylic acid groups (broad SMARTS) is 1. The van der Waals surface area contributed by atoms with Crippen LogP contribution in [0.5, 0.6) is 0 Å². The fourth-order valence-corrected chi connectivity index (χ4v) is 2.70. The Kier molecular flexibility index (Phi) is 3.20. The first-order valence-electron chi connectivity index (χ1n) is 6.40. The van der Waals surface area contributed by atoms with E-state index in [-0.39, 0.29) is 23.8 Å². The second-order valence-corrected chi connectivity index (χ2v) is 6.23. The largest absolute Gasteiger partial charge is 0.481 e. The lowest BCUT2D eigenvalue weighted by Crippen LogP contribution is -2.13. The van der Waals surface area contributed by atoms with Crippen molar-refractivity contribution in [2.45, 2.75) is 51.0 Å². The van der Waals surface area contributed by atoms with Gasteiger partial charge in [-0.3, -0.25) is 4.79 Å². The number of hydrogen-bond acceptors (Lipinski definition) is 2. The third kappa shape index (κ3) is 2.41. The molecule has 0 fully saturated rings. The maximum atomic E-state index is 10.9. The van der Waals surface area contributed by atoms with E-state index in [0.717, 1.165) is 17.5 Å². The van der Waals surface area contributed by atoms with Crippen LogP contribution < -0.4 is 5.73 Å². The smallest absolute Gasteiger partial charge is 0.303 e. The van der Waals surface area contributed by atoms with Crippen LogP contribution in [0.15, 0.2) is 18.2 Å². The average Bonchev–Trinajstić information content (AvgIpc) is 2.53. The number of benzene rings is 1. The number of carboxylic acids is 1. The van der Waals surface area contributed by atoms with Gasteiger partial charge in [-0.2, -0.15) is 0 Å². The van der Waals surface area contributed by atoms with E-state index in [1.165, 1.54) is 5.56 Å². The van der Waals surface area contributed by atoms with Gasteiger partial charge >= 0.3 is 5.97 Å². The van der Waals surface area contributed by atoms with Crippen LogP contribution in [-0.2, 0) is 10.2 Å². The Bertz CT molecular complexity index is 474. The molecule has 0 saturated heterocycles. The van der Waals surface area contributed by atoms with Gasteiger partial charge in [-0.1, -0.05) is 39.0 Å². The van der Waals surface area contributed by atoms with Crippen LogP contribution in [-0.4, -0.2) is 11.1 Å². The predicted molar refractivity (Wildman–Crippen MR) is 71.7 cm³/mol. The van der Waals surface area contributed by atoms with E-state index in [2.05, 4.69) is 39.0 Å². The number of hydrogen-bond donors (Lipinski definition) is 2. The standard InChI is InChI=1S/C15H21NO2/c1-15(2,3)10-4-5-11-9(7-14(17)18)6-13(16)12(11)8-10/h4-5,8-9,13H,6-7,16H2,1-3H3,(H,17,18). The normalized spacial score (nSPS) is 22.9. The molecule has 1 aliphatic carbocycles. The molecule has 18 heavy (non-hydrogen) atoms. The Hall–Kier alpha value is -1.35. The van der Waals surface area contributed by atoms with Crippen molar-refractivity contribution in [2.75, 3.05) is 0 Å². The highest BCUT2D eigenvalue weighted by molar-refractivity contribution is 5.68. The third-order valence-corrected chi connectivity index (χ3v) is 3.75. The van der Waals surface area contributed by atoms with Crippen molar-refractivity contribution in [3.8, 4) is 0 Å². The summed E-state index contributed by atoms with van der Waals surface area (Å²) in [7, 11) is 0. The van der Waals surface area contributed by atoms with Crippen molar-refractivity contribution in [1.82, 2.24) is 0 Å². The van der Waals surface area contributed by atoms with Crippen molar-refractivity contribution >= 4 is 5.97 Å². The zero-order valence-corrected chi connectivity index (χ0v) is 11.2. The van der Waals surface area contributed by atoms with Crippen molar-refractivity contribution in [1.29, 1.82) is 0 Å². The van der Waals surface area contributed by atoms with E-state index < -0.39 is 5.97 Å². The number of carbonyl (C=O) groups is 1. The van der Waals surface area contributed by atoms with Gasteiger partial charge < -0.3 is 10.8 Å². The topological polar surface area (TPSA) is 63.3 Å². The maximum Gasteiger partial charge on any atom is 0.303 e. The summed E-state index contributed by atoms with van der Waals surface area (Å²) >= 11 is 0. The summed E-state index contributed by atoms with van der Waals surface area (Å²) in [6.45, 7) is 6.51. The molecule has 2 atom stereocenters. The predicted octanol–water partition coefficient (Wildman–Crippen LogP) is 2.95. The highest BCUT2D eigenvalue weighted by Crippen LogP contribution is 2.42. The molecule has 3 N–H and O–H groups in total. The van der Waals surface area contributed by atoms with E-state index in [1.807, 2.05) is 0 Å². The van der Waals surface area contributed by atoms with Gasteiger partial charge in [0.25, 0.3) is 0 Å². The molecule has 0 saturated carbocycles. The highest BCUT2D eigenvalue weighted by Gasteiger charge is 2.31. The first-order valence-corrected chi connectivity index (χ1v) is 6.40. The second kappa shape index (κ2) is 4.39. The zero-order chi connectivity index (χ0) is 13.5. The Morgan fingerprint density at radius 2 is 2.06 bits per heavy atom. The molecular weight excluding hydrogens is 226 g/mol. The summed E-state index contributed by atoms with van der Waals surface area (Å²) in [5.74, 6) is -0.679. The Labute approximate surface area is 108 Å². The minimum absolute atomic E-state index is 0.0216. The molecule has 1 aromatic carbocycles. The van der Waals surface area contributed by atoms with E-state index in [9.17, 15) is 4.79 Å². The Morgan fingerprint density at radius 1 is 1.39 bits per heavy atom. The van der Waals surface area contributed by atoms with Crippen LogP contribution in [0.2, 0.25) is 0 Å². The fraction of sp³-hybridized carbons (Fsp3) is 0.533. The van der Waals surface area contributed by atoms with Gasteiger partial charge in [0.1, 0.15) is 0 Å². The van der Waals surface area contributed by atoms with Crippen LogP contribution in [0.3, 0.4) is 0 Å². The van der Waals surface area contributed by atoms with Gasteiger partial charge in [-0.05, 0) is 34.4 Å². The molecule has 2 rings (SSSR count). The van der Waals surface area contributed by atoms with E-state index in [0.29, 0.717) is 0 Å². The number of aliphatic carboxylic acids is 1. The summed E-state index contributed by atoms with van der Waals surface area (Å²) < 4.78 is 0. The van der Waals surface area contributed by atoms with Gasteiger partial charge in [0.05, 0.1) is 6.42 Å². The fourth-order valence-electron chi connectivity index (χ4n) is 2.70. The molecule has 0 aromatic heterocycles. The van der Waals surface area contributed by atoms with Gasteiger partial charge in [-0.25, -0.2) is 0 Å². The van der Waals surface area contributed by atoms with E-state index in [1.54, 1.807) is 0 Å². The molecule has 0 bridgehead atoms. The zero-order valence-electron chi connectivity index (χ0n) is 11.2. The lowest BCUT2D eigenvalue weighted by Gasteiger charge is -2.21. The summed E-state index contributed by atoms with van der Waals surface area (Å²) in [5, 5.41) is 8.93. The van der Waals surface area contributed by atoms with Crippen LogP contribution in [0.25, 0.3) is 0 Å². The first-order chi connectivity index (χ1) is 8.29. The summed E-state index contributed by atoms with van der Waals surface area (Å²) in [4.78, 5) is 10.9. The van der Waals surface area contributed by atoms with Crippen LogP contribution >= 0.6 is 0 Å². The molecule has 1 aliphatic rings. The Balaban J connectivity index is 2.37. The van der Waals surface area contributed by atoms with Gasteiger partial charge in [-0.15, -0.1) is 0 Å². The highest BCUT2D eigenvalue weighted by atomic mass is 16.4. The quantitative estimate of drug-likeness (QED) is 0.844. The van der Waals surface area contributed by atoms with E-state index >= 15 is 0 Å². The maximum absolute atomic E-state index is 10.9. The molecule has 0 radical (unpaired) electrons. The minimum atomic E-state index is -0.750. The molecule has 0 aliphatic heterocycles. The monoisotopic (exact) mass is 247 g/mol. The van der Waals surface area contributed by atoms with Gasteiger partial charge in [0.15, 0.2) is 0 Å². The summed E-state index contributed by atoms with van der Waals surface area (Å²) in [6.07, 6.45) is 0.921. The average molecular weight is 247 g/mol. The van der Waals surface area contributed by atoms with Crippen LogP contribution in [0.1, 0.15) is 62.3 Å². The molecule has 0 spiro atoms. The lowest BCUT2D eigenvalue weighted by molar-refractivity contribution is -0.137. The molecule has 0 amide bonds. The van der Waals surface area contributed by atoms with Crippen molar-refractivity contribution in [3.05, 3.63) is 34.9 Å². The third-order valence-electron chi connectivity index (χ3n) is 3.75. The summed E-state index contributed by atoms with van der Waals surface area (Å²) in [5.41, 5.74) is 9.74. The van der Waals surface area contributed by atoms with Crippen molar-refractivity contribution < 1.29 is 9.90 Å². The van der Waals surface area contributed by atoms with Crippen molar-refractivity contribution in [3.63, 3.8) is 0 Å². The number of nitrogens with two attached hydrogens (primary N) is 1. The van der Waals surface area contributed by atoms with Crippen LogP contribution in [0.4, 0.5) is 0 Å². The second-order valence-electron chi connectivity index (χ2n) is 6.23. The van der Waals surface area contributed by atoms with E-state index in [4.69, 9.17) is 10.8 Å². The summed E-state index contributed by atoms with van der Waals surface area (Å²) in [6, 6.07) is 6.30. The Morgan fingerprint density at radius 3 is 2.61 bits per heavy atom. The van der Waals surface area contributed by atoms with Crippen LogP contribution in [0, 0.1) is 0 Å². The molecule has 3 heteroatoms. The number of rotatable bonds is 2. The van der Waals surface area contributed by atoms with Gasteiger partial charge in [0, 0.05) is 6.04 Å². The van der Waals surface area contributed by atoms with Gasteiger partial charge in [0.2, 0.25) is 0 Å². The number of fused-ring (bicyclic) bond motifs is 1. The molecule has 1 aromatic rings. The SMILES string of the molecule is CC(C)(C)c1ccc2c(c1)C(N)CC2CC(=O)O. The molecule has 3 nitrogen and oxygen atoms in total. The molecule has 98 valence electrons. The minimum Gasteiger partial charge on any atom is -0.481 e. The molecule has 2 unspecified atom stereocenters. The molecule has 0 heterocycles. The molecular formula is C15H21NO2. The first kappa shape index (κ1) is 13.1. The lowest BCUT2D eigenvalue weighted by atomic mass is 9.84.